The van der Waals surface area contributed by atoms with Crippen LogP contribution in [0.4, 0.5) is 30.2 Å². The average Bonchev–Trinajstić information content (AvgIpc) is 2.81. The van der Waals surface area contributed by atoms with Crippen molar-refractivity contribution in [2.24, 2.45) is 0 Å². The zero-order valence-corrected chi connectivity index (χ0v) is 14.9. The number of nitrogens with one attached hydrogen (secondary N) is 1. The van der Waals surface area contributed by atoms with Crippen LogP contribution in [0.25, 0.3) is 0 Å². The van der Waals surface area contributed by atoms with Crippen molar-refractivity contribution in [3.05, 3.63) is 54.1 Å². The first-order chi connectivity index (χ1) is 12.3. The van der Waals surface area contributed by atoms with Crippen LogP contribution in [0.5, 0.6) is 0 Å². The Balaban J connectivity index is 2.04. The molecule has 1 aliphatic rings. The van der Waals surface area contributed by atoms with Gasteiger partial charge in [-0.05, 0) is 61.3 Å². The summed E-state index contributed by atoms with van der Waals surface area (Å²) < 4.78 is 63.6. The fourth-order valence-electron chi connectivity index (χ4n) is 2.94. The molecule has 0 spiro atoms. The summed E-state index contributed by atoms with van der Waals surface area (Å²) in [4.78, 5) is 0. The maximum Gasteiger partial charge on any atom is 0.416 e. The highest BCUT2D eigenvalue weighted by Crippen LogP contribution is 2.64. The van der Waals surface area contributed by atoms with Gasteiger partial charge in [-0.1, -0.05) is 18.2 Å². The Hall–Kier alpha value is -1.94. The zero-order valence-electron chi connectivity index (χ0n) is 14.1. The molecule has 0 aromatic heterocycles. The van der Waals surface area contributed by atoms with E-state index in [1.54, 1.807) is 31.3 Å². The van der Waals surface area contributed by atoms with Crippen LogP contribution < -0.4 is 13.9 Å². The first-order valence-electron chi connectivity index (χ1n) is 8.04. The fourth-order valence-corrected chi connectivity index (χ4v) is 4.74. The summed E-state index contributed by atoms with van der Waals surface area (Å²) in [5, 5.41) is 2.99. The van der Waals surface area contributed by atoms with Crippen LogP contribution in [-0.4, -0.2) is 29.2 Å². The van der Waals surface area contributed by atoms with Gasteiger partial charge in [0.25, 0.3) is 0 Å². The van der Waals surface area contributed by atoms with Crippen molar-refractivity contribution in [1.29, 1.82) is 0 Å². The van der Waals surface area contributed by atoms with Crippen LogP contribution in [0.1, 0.15) is 12.0 Å². The second kappa shape index (κ2) is 6.99. The molecular formula is C17H20F3N3O2S. The third-order valence-corrected chi connectivity index (χ3v) is 5.97. The minimum atomic E-state index is -4.51. The minimum absolute atomic E-state index is 0.0865. The van der Waals surface area contributed by atoms with Crippen molar-refractivity contribution in [3.63, 3.8) is 0 Å². The van der Waals surface area contributed by atoms with Gasteiger partial charge in [0, 0.05) is 6.54 Å². The zero-order chi connectivity index (χ0) is 18.9. The number of benzene rings is 2. The molecule has 0 radical (unpaired) electrons. The van der Waals surface area contributed by atoms with E-state index in [9.17, 15) is 22.3 Å². The molecule has 3 rings (SSSR count). The number of nitrogens with zero attached hydrogens (tertiary/aromatic N) is 2. The van der Waals surface area contributed by atoms with Crippen molar-refractivity contribution in [1.82, 2.24) is 5.32 Å². The Morgan fingerprint density at radius 1 is 1.04 bits per heavy atom. The predicted octanol–water partition coefficient (Wildman–Crippen LogP) is 4.85. The van der Waals surface area contributed by atoms with Crippen LogP contribution in [0.2, 0.25) is 0 Å². The molecule has 0 saturated heterocycles. The number of rotatable bonds is 5. The van der Waals surface area contributed by atoms with Gasteiger partial charge in [0.2, 0.25) is 0 Å². The minimum Gasteiger partial charge on any atom is -0.320 e. The highest BCUT2D eigenvalue weighted by atomic mass is 32.3. The van der Waals surface area contributed by atoms with Gasteiger partial charge in [0.1, 0.15) is 0 Å². The molecule has 0 atom stereocenters. The lowest BCUT2D eigenvalue weighted by atomic mass is 10.2. The molecule has 0 unspecified atom stereocenters. The predicted molar refractivity (Wildman–Crippen MR) is 98.8 cm³/mol. The van der Waals surface area contributed by atoms with Gasteiger partial charge >= 0.3 is 6.18 Å². The average molecular weight is 387 g/mol. The molecule has 9 heteroatoms. The topological polar surface area (TPSA) is 59.0 Å². The molecule has 1 heterocycles. The van der Waals surface area contributed by atoms with Crippen molar-refractivity contribution in [2.75, 3.05) is 28.7 Å². The Labute approximate surface area is 151 Å². The number of para-hydroxylation sites is 2. The van der Waals surface area contributed by atoms with E-state index in [0.717, 1.165) is 12.1 Å². The van der Waals surface area contributed by atoms with Gasteiger partial charge in [-0.25, -0.2) is 4.31 Å². The van der Waals surface area contributed by atoms with E-state index in [2.05, 4.69) is 5.32 Å². The van der Waals surface area contributed by atoms with E-state index in [1.807, 2.05) is 0 Å². The van der Waals surface area contributed by atoms with Crippen molar-refractivity contribution >= 4 is 28.0 Å². The molecule has 0 amide bonds. The number of fused-ring (bicyclic) bond motifs is 1. The first kappa shape index (κ1) is 18.8. The Bertz CT molecular complexity index is 786. The summed E-state index contributed by atoms with van der Waals surface area (Å²) in [5.74, 6) is 0. The van der Waals surface area contributed by atoms with Gasteiger partial charge < -0.3 is 5.32 Å². The molecule has 0 bridgehead atoms. The maximum atomic E-state index is 13.1. The smallest absolute Gasteiger partial charge is 0.320 e. The van der Waals surface area contributed by atoms with E-state index in [0.29, 0.717) is 30.9 Å². The molecule has 2 aromatic carbocycles. The highest BCUT2D eigenvalue weighted by Gasteiger charge is 2.42. The molecule has 3 N–H and O–H groups in total. The van der Waals surface area contributed by atoms with Crippen LogP contribution >= 0.6 is 11.0 Å². The molecule has 0 saturated carbocycles. The molecular weight excluding hydrogens is 367 g/mol. The van der Waals surface area contributed by atoms with Gasteiger partial charge in [-0.2, -0.15) is 13.2 Å². The number of alkyl halides is 3. The third-order valence-electron chi connectivity index (χ3n) is 4.11. The van der Waals surface area contributed by atoms with Gasteiger partial charge in [-0.15, -0.1) is 0 Å². The second-order valence-electron chi connectivity index (χ2n) is 5.88. The molecule has 26 heavy (non-hydrogen) atoms. The monoisotopic (exact) mass is 387 g/mol. The normalized spacial score (nSPS) is 17.3. The highest BCUT2D eigenvalue weighted by molar-refractivity contribution is 8.27. The van der Waals surface area contributed by atoms with Crippen molar-refractivity contribution < 1.29 is 22.3 Å². The summed E-state index contributed by atoms with van der Waals surface area (Å²) in [6.45, 7) is 1.04. The Morgan fingerprint density at radius 2 is 1.73 bits per heavy atom. The van der Waals surface area contributed by atoms with Crippen molar-refractivity contribution in [2.45, 2.75) is 12.6 Å². The largest absolute Gasteiger partial charge is 0.416 e. The Kier molecular flexibility index (Phi) is 5.07. The van der Waals surface area contributed by atoms with Crippen molar-refractivity contribution in [3.8, 4) is 0 Å². The van der Waals surface area contributed by atoms with E-state index >= 15 is 0 Å². The third kappa shape index (κ3) is 3.35. The molecule has 0 aliphatic carbocycles. The number of anilines is 3. The second-order valence-corrected chi connectivity index (χ2v) is 7.67. The summed E-state index contributed by atoms with van der Waals surface area (Å²) in [5.41, 5.74) is 0.303. The maximum absolute atomic E-state index is 13.1. The Morgan fingerprint density at radius 3 is 2.38 bits per heavy atom. The molecule has 142 valence electrons. The van der Waals surface area contributed by atoms with Crippen LogP contribution in [0.3, 0.4) is 0 Å². The van der Waals surface area contributed by atoms with E-state index < -0.39 is 22.7 Å². The molecule has 0 fully saturated rings. The number of hydrogen-bond donors (Lipinski definition) is 3. The van der Waals surface area contributed by atoms with Crippen LogP contribution in [0.15, 0.2) is 48.5 Å². The summed E-state index contributed by atoms with van der Waals surface area (Å²) >= 11 is 0. The SMILES string of the molecule is CNCCCN1c2ccccc2N(c2cccc(C(F)(F)F)c2)S1(O)O. The lowest BCUT2D eigenvalue weighted by molar-refractivity contribution is -0.137. The van der Waals surface area contributed by atoms with Crippen LogP contribution in [-0.2, 0) is 6.18 Å². The number of hydrogen-bond acceptors (Lipinski definition) is 5. The number of halogens is 3. The molecule has 5 nitrogen and oxygen atoms in total. The van der Waals surface area contributed by atoms with Crippen LogP contribution in [0, 0.1) is 0 Å². The van der Waals surface area contributed by atoms with Gasteiger partial charge in [0.15, 0.2) is 0 Å². The lowest BCUT2D eigenvalue weighted by Crippen LogP contribution is -2.33. The van der Waals surface area contributed by atoms with Gasteiger partial charge in [0.05, 0.1) is 22.6 Å². The summed E-state index contributed by atoms with van der Waals surface area (Å²) in [6.07, 6.45) is -3.86. The molecule has 2 aromatic rings. The quantitative estimate of drug-likeness (QED) is 0.640. The first-order valence-corrected chi connectivity index (χ1v) is 9.50. The standard InChI is InChI=1S/C17H20F3N3O2S/c1-21-10-5-11-22-15-8-2-3-9-16(15)23(26(22,24)25)14-7-4-6-13(12-14)17(18,19)20/h2-4,6-9,12,21,24-25H,5,10-11H2,1H3. The fraction of sp³-hybridized carbons (Fsp3) is 0.294. The summed E-state index contributed by atoms with van der Waals surface area (Å²) in [6, 6.07) is 11.5. The van der Waals surface area contributed by atoms with Gasteiger partial charge in [-0.3, -0.25) is 13.4 Å². The molecule has 1 aliphatic heterocycles. The lowest BCUT2D eigenvalue weighted by Gasteiger charge is -2.44. The van der Waals surface area contributed by atoms with E-state index in [1.165, 1.54) is 20.7 Å². The summed E-state index contributed by atoms with van der Waals surface area (Å²) in [7, 11) is -1.71. The van der Waals surface area contributed by atoms with E-state index in [-0.39, 0.29) is 5.69 Å². The van der Waals surface area contributed by atoms with E-state index in [4.69, 9.17) is 0 Å².